The molecule has 1 atom stereocenters. The number of halogens is 1. The summed E-state index contributed by atoms with van der Waals surface area (Å²) >= 11 is 2.23. The number of carbonyl (C=O) groups excluding carboxylic acids is 1. The fraction of sp³-hybridized carbons (Fsp3) is 0.300. The largest absolute Gasteiger partial charge is 0.424 e. The topological polar surface area (TPSA) is 58.4 Å². The van der Waals surface area contributed by atoms with E-state index in [2.05, 4.69) is 32.9 Å². The smallest absolute Gasteiger partial charge is 0.295 e. The van der Waals surface area contributed by atoms with Crippen LogP contribution in [0.1, 0.15) is 29.6 Å². The zero-order valence-electron chi connectivity index (χ0n) is 14.3. The summed E-state index contributed by atoms with van der Waals surface area (Å²) in [4.78, 5) is 19.5. The third-order valence-corrected chi connectivity index (χ3v) is 5.72. The van der Waals surface area contributed by atoms with E-state index in [-0.39, 0.29) is 11.9 Å². The van der Waals surface area contributed by atoms with E-state index in [9.17, 15) is 4.79 Å². The molecule has 3 aromatic rings. The van der Waals surface area contributed by atoms with Crippen LogP contribution in [-0.4, -0.2) is 34.9 Å². The van der Waals surface area contributed by atoms with Gasteiger partial charge in [0.2, 0.25) is 0 Å². The van der Waals surface area contributed by atoms with Crippen molar-refractivity contribution in [2.24, 2.45) is 0 Å². The highest BCUT2D eigenvalue weighted by molar-refractivity contribution is 14.1. The third-order valence-electron chi connectivity index (χ3n) is 4.78. The number of amides is 1. The lowest BCUT2D eigenvalue weighted by Crippen LogP contribution is -2.47. The monoisotopic (exact) mass is 461 g/mol. The number of oxazole rings is 1. The standard InChI is InChI=1S/C20H20IN3O2/c21-16-9-2-1-8-15(16)19(25)24-12-6-5-7-14(24)13-22-20-23-17-10-3-4-11-18(17)26-20/h1-4,8-11,14H,5-7,12-13H2,(H,22,23)/t14-/m0/s1. The highest BCUT2D eigenvalue weighted by atomic mass is 127. The second kappa shape index (κ2) is 7.65. The fourth-order valence-electron chi connectivity index (χ4n) is 3.42. The summed E-state index contributed by atoms with van der Waals surface area (Å²) in [6.45, 7) is 1.44. The summed E-state index contributed by atoms with van der Waals surface area (Å²) < 4.78 is 6.72. The molecule has 1 aliphatic rings. The van der Waals surface area contributed by atoms with E-state index in [0.29, 0.717) is 12.6 Å². The van der Waals surface area contributed by atoms with Gasteiger partial charge in [-0.15, -0.1) is 0 Å². The number of hydrogen-bond donors (Lipinski definition) is 1. The van der Waals surface area contributed by atoms with Crippen LogP contribution in [0.2, 0.25) is 0 Å². The van der Waals surface area contributed by atoms with Crippen molar-refractivity contribution >= 4 is 45.6 Å². The molecule has 134 valence electrons. The number of aromatic nitrogens is 1. The summed E-state index contributed by atoms with van der Waals surface area (Å²) in [5, 5.41) is 3.28. The van der Waals surface area contributed by atoms with Crippen molar-refractivity contribution in [1.29, 1.82) is 0 Å². The summed E-state index contributed by atoms with van der Waals surface area (Å²) in [7, 11) is 0. The van der Waals surface area contributed by atoms with Gasteiger partial charge in [-0.3, -0.25) is 4.79 Å². The number of anilines is 1. The Morgan fingerprint density at radius 1 is 1.19 bits per heavy atom. The van der Waals surface area contributed by atoms with Crippen LogP contribution < -0.4 is 5.32 Å². The van der Waals surface area contributed by atoms with E-state index < -0.39 is 0 Å². The Morgan fingerprint density at radius 3 is 2.85 bits per heavy atom. The number of para-hydroxylation sites is 2. The normalized spacial score (nSPS) is 17.4. The van der Waals surface area contributed by atoms with Crippen LogP contribution in [0.5, 0.6) is 0 Å². The lowest BCUT2D eigenvalue weighted by atomic mass is 10.0. The Bertz CT molecular complexity index is 891. The van der Waals surface area contributed by atoms with Gasteiger partial charge in [-0.25, -0.2) is 0 Å². The summed E-state index contributed by atoms with van der Waals surface area (Å²) in [6, 6.07) is 16.1. The number of nitrogens with one attached hydrogen (secondary N) is 1. The molecule has 1 aliphatic heterocycles. The maximum atomic E-state index is 13.0. The number of likely N-dealkylation sites (tertiary alicyclic amines) is 1. The first-order chi connectivity index (χ1) is 12.7. The zero-order valence-corrected chi connectivity index (χ0v) is 16.5. The Balaban J connectivity index is 1.48. The molecule has 1 amide bonds. The van der Waals surface area contributed by atoms with E-state index in [0.717, 1.165) is 46.0 Å². The summed E-state index contributed by atoms with van der Waals surface area (Å²) in [5.41, 5.74) is 2.39. The summed E-state index contributed by atoms with van der Waals surface area (Å²) in [6.07, 6.45) is 3.17. The van der Waals surface area contributed by atoms with Gasteiger partial charge in [-0.2, -0.15) is 4.98 Å². The molecule has 0 aliphatic carbocycles. The molecule has 2 heterocycles. The van der Waals surface area contributed by atoms with E-state index >= 15 is 0 Å². The van der Waals surface area contributed by atoms with E-state index in [1.54, 1.807) is 0 Å². The zero-order chi connectivity index (χ0) is 17.9. The number of rotatable bonds is 4. The molecule has 1 aromatic heterocycles. The average molecular weight is 461 g/mol. The molecule has 6 heteroatoms. The molecule has 0 bridgehead atoms. The number of carbonyl (C=O) groups is 1. The molecular formula is C20H20IN3O2. The molecule has 1 N–H and O–H groups in total. The van der Waals surface area contributed by atoms with E-state index in [1.165, 1.54) is 0 Å². The van der Waals surface area contributed by atoms with Crippen LogP contribution in [0.4, 0.5) is 6.01 Å². The lowest BCUT2D eigenvalue weighted by Gasteiger charge is -2.36. The van der Waals surface area contributed by atoms with Crippen molar-refractivity contribution < 1.29 is 9.21 Å². The Hall–Kier alpha value is -2.09. The van der Waals surface area contributed by atoms with Crippen LogP contribution >= 0.6 is 22.6 Å². The molecule has 0 radical (unpaired) electrons. The van der Waals surface area contributed by atoms with Crippen LogP contribution in [0.25, 0.3) is 11.1 Å². The van der Waals surface area contributed by atoms with Gasteiger partial charge in [-0.1, -0.05) is 24.3 Å². The number of nitrogens with zero attached hydrogens (tertiary/aromatic N) is 2. The first-order valence-corrected chi connectivity index (χ1v) is 9.95. The second-order valence-electron chi connectivity index (χ2n) is 6.50. The highest BCUT2D eigenvalue weighted by Crippen LogP contribution is 2.23. The fourth-order valence-corrected chi connectivity index (χ4v) is 4.04. The van der Waals surface area contributed by atoms with E-state index in [1.807, 2.05) is 53.4 Å². The Kier molecular flexibility index (Phi) is 5.10. The molecule has 0 unspecified atom stereocenters. The van der Waals surface area contributed by atoms with Crippen molar-refractivity contribution in [3.63, 3.8) is 0 Å². The maximum absolute atomic E-state index is 13.0. The van der Waals surface area contributed by atoms with Crippen LogP contribution in [-0.2, 0) is 0 Å². The number of benzene rings is 2. The Labute approximate surface area is 165 Å². The van der Waals surface area contributed by atoms with Crippen molar-refractivity contribution in [3.05, 3.63) is 57.7 Å². The first-order valence-electron chi connectivity index (χ1n) is 8.87. The predicted octanol–water partition coefficient (Wildman–Crippen LogP) is 4.54. The minimum Gasteiger partial charge on any atom is -0.424 e. The highest BCUT2D eigenvalue weighted by Gasteiger charge is 2.28. The molecule has 26 heavy (non-hydrogen) atoms. The maximum Gasteiger partial charge on any atom is 0.295 e. The quantitative estimate of drug-likeness (QED) is 0.580. The van der Waals surface area contributed by atoms with Crippen LogP contribution in [0.3, 0.4) is 0 Å². The summed E-state index contributed by atoms with van der Waals surface area (Å²) in [5.74, 6) is 0.110. The number of fused-ring (bicyclic) bond motifs is 1. The van der Waals surface area contributed by atoms with Gasteiger partial charge in [0.25, 0.3) is 11.9 Å². The molecule has 0 saturated carbocycles. The number of piperidine rings is 1. The van der Waals surface area contributed by atoms with Crippen molar-refractivity contribution in [2.45, 2.75) is 25.3 Å². The van der Waals surface area contributed by atoms with Crippen LogP contribution in [0.15, 0.2) is 52.9 Å². The first kappa shape index (κ1) is 17.3. The van der Waals surface area contributed by atoms with E-state index in [4.69, 9.17) is 4.42 Å². The van der Waals surface area contributed by atoms with Crippen molar-refractivity contribution in [2.75, 3.05) is 18.4 Å². The molecule has 4 rings (SSSR count). The van der Waals surface area contributed by atoms with Gasteiger partial charge in [0.1, 0.15) is 5.52 Å². The molecule has 1 saturated heterocycles. The minimum atomic E-state index is 0.110. The second-order valence-corrected chi connectivity index (χ2v) is 7.66. The molecular weight excluding hydrogens is 441 g/mol. The number of hydrogen-bond acceptors (Lipinski definition) is 4. The van der Waals surface area contributed by atoms with Gasteiger partial charge < -0.3 is 14.6 Å². The van der Waals surface area contributed by atoms with Crippen molar-refractivity contribution in [1.82, 2.24) is 9.88 Å². The van der Waals surface area contributed by atoms with Crippen LogP contribution in [0, 0.1) is 3.57 Å². The molecule has 5 nitrogen and oxygen atoms in total. The average Bonchev–Trinajstić information content (AvgIpc) is 3.09. The molecule has 1 fully saturated rings. The minimum absolute atomic E-state index is 0.110. The van der Waals surface area contributed by atoms with Gasteiger partial charge in [0, 0.05) is 22.7 Å². The lowest BCUT2D eigenvalue weighted by molar-refractivity contribution is 0.0626. The van der Waals surface area contributed by atoms with Gasteiger partial charge in [0.05, 0.1) is 5.56 Å². The molecule has 0 spiro atoms. The predicted molar refractivity (Wildman–Crippen MR) is 110 cm³/mol. The van der Waals surface area contributed by atoms with Crippen molar-refractivity contribution in [3.8, 4) is 0 Å². The SMILES string of the molecule is O=C(c1ccccc1I)N1CCCC[C@H]1CNc1nc2ccccc2o1. The van der Waals surface area contributed by atoms with Gasteiger partial charge in [-0.05, 0) is 66.1 Å². The van der Waals surface area contributed by atoms with Gasteiger partial charge >= 0.3 is 0 Å². The van der Waals surface area contributed by atoms with Gasteiger partial charge in [0.15, 0.2) is 5.58 Å². The Morgan fingerprint density at radius 2 is 2.00 bits per heavy atom. The third kappa shape index (κ3) is 3.56. The molecule has 2 aromatic carbocycles.